The number of piperidine rings is 2. The van der Waals surface area contributed by atoms with Crippen LogP contribution in [0.4, 0.5) is 0 Å². The van der Waals surface area contributed by atoms with Crippen molar-refractivity contribution in [1.29, 1.82) is 0 Å². The predicted molar refractivity (Wildman–Crippen MR) is 93.5 cm³/mol. The van der Waals surface area contributed by atoms with E-state index in [1.165, 1.54) is 25.9 Å². The first-order valence-corrected chi connectivity index (χ1v) is 9.10. The van der Waals surface area contributed by atoms with E-state index in [4.69, 9.17) is 11.6 Å². The lowest BCUT2D eigenvalue weighted by atomic mass is 9.71. The number of nitrogens with zero attached hydrogens (tertiary/aromatic N) is 2. The van der Waals surface area contributed by atoms with Crippen LogP contribution in [0.3, 0.4) is 0 Å². The fourth-order valence-electron chi connectivity index (χ4n) is 3.62. The number of hydrogen-bond donors (Lipinski definition) is 0. The van der Waals surface area contributed by atoms with Crippen LogP contribution in [0, 0.1) is 5.41 Å². The molecule has 0 saturated carbocycles. The lowest BCUT2D eigenvalue weighted by Crippen LogP contribution is -2.47. The molecule has 1 spiro atoms. The van der Waals surface area contributed by atoms with Crippen molar-refractivity contribution in [2.45, 2.75) is 25.7 Å². The van der Waals surface area contributed by atoms with Crippen LogP contribution in [0.25, 0.3) is 0 Å². The van der Waals surface area contributed by atoms with Crippen LogP contribution in [0.15, 0.2) is 22.7 Å². The number of likely N-dealkylation sites (tertiary alicyclic amines) is 2. The van der Waals surface area contributed by atoms with Crippen molar-refractivity contribution in [3.63, 3.8) is 0 Å². The van der Waals surface area contributed by atoms with Crippen molar-refractivity contribution >= 4 is 33.4 Å². The molecule has 1 aromatic carbocycles. The molecule has 0 aromatic heterocycles. The molecule has 3 nitrogen and oxygen atoms in total. The highest BCUT2D eigenvalue weighted by Gasteiger charge is 2.38. The van der Waals surface area contributed by atoms with E-state index < -0.39 is 0 Å². The van der Waals surface area contributed by atoms with Gasteiger partial charge >= 0.3 is 0 Å². The number of rotatable bonds is 1. The summed E-state index contributed by atoms with van der Waals surface area (Å²) in [5, 5.41) is 0.520. The Hall–Kier alpha value is -0.580. The molecular weight excluding hydrogens is 364 g/mol. The zero-order valence-electron chi connectivity index (χ0n) is 12.9. The van der Waals surface area contributed by atoms with Crippen molar-refractivity contribution in [3.8, 4) is 0 Å². The van der Waals surface area contributed by atoms with Gasteiger partial charge in [0.25, 0.3) is 5.91 Å². The second kappa shape index (κ2) is 6.50. The van der Waals surface area contributed by atoms with Crippen LogP contribution < -0.4 is 0 Å². The molecule has 1 aromatic rings. The van der Waals surface area contributed by atoms with Gasteiger partial charge in [-0.05, 0) is 79.3 Å². The summed E-state index contributed by atoms with van der Waals surface area (Å²) in [6, 6.07) is 5.55. The first-order valence-electron chi connectivity index (χ1n) is 7.93. The second-order valence-electron chi connectivity index (χ2n) is 6.70. The van der Waals surface area contributed by atoms with Crippen molar-refractivity contribution < 1.29 is 4.79 Å². The first-order chi connectivity index (χ1) is 10.5. The Bertz CT molecular complexity index is 560. The minimum absolute atomic E-state index is 0.0640. The van der Waals surface area contributed by atoms with Crippen molar-refractivity contribution in [3.05, 3.63) is 33.3 Å². The zero-order chi connectivity index (χ0) is 15.7. The van der Waals surface area contributed by atoms with Crippen molar-refractivity contribution in [1.82, 2.24) is 9.80 Å². The summed E-state index contributed by atoms with van der Waals surface area (Å²) in [6.45, 7) is 4.08. The van der Waals surface area contributed by atoms with Crippen molar-refractivity contribution in [2.75, 3.05) is 33.2 Å². The Morgan fingerprint density at radius 3 is 2.36 bits per heavy atom. The fourth-order valence-corrected chi connectivity index (χ4v) is 4.19. The van der Waals surface area contributed by atoms with Gasteiger partial charge in [0, 0.05) is 17.6 Å². The Balaban J connectivity index is 1.66. The summed E-state index contributed by atoms with van der Waals surface area (Å²) < 4.78 is 0.781. The average molecular weight is 386 g/mol. The topological polar surface area (TPSA) is 23.6 Å². The van der Waals surface area contributed by atoms with E-state index in [0.29, 0.717) is 16.0 Å². The molecule has 0 aliphatic carbocycles. The van der Waals surface area contributed by atoms with Crippen LogP contribution in [0.5, 0.6) is 0 Å². The van der Waals surface area contributed by atoms with Crippen LogP contribution in [-0.2, 0) is 0 Å². The lowest BCUT2D eigenvalue weighted by molar-refractivity contribution is 0.0352. The summed E-state index contributed by atoms with van der Waals surface area (Å²) in [4.78, 5) is 17.1. The van der Waals surface area contributed by atoms with Gasteiger partial charge in [-0.25, -0.2) is 0 Å². The van der Waals surface area contributed by atoms with Gasteiger partial charge in [0.05, 0.1) is 10.6 Å². The van der Waals surface area contributed by atoms with Gasteiger partial charge < -0.3 is 9.80 Å². The maximum Gasteiger partial charge on any atom is 0.255 e. The number of carbonyl (C=O) groups is 1. The lowest BCUT2D eigenvalue weighted by Gasteiger charge is -2.46. The van der Waals surface area contributed by atoms with E-state index >= 15 is 0 Å². The molecule has 0 atom stereocenters. The molecule has 22 heavy (non-hydrogen) atoms. The molecule has 0 unspecified atom stereocenters. The maximum atomic E-state index is 12.7. The zero-order valence-corrected chi connectivity index (χ0v) is 15.3. The summed E-state index contributed by atoms with van der Waals surface area (Å²) in [6.07, 6.45) is 4.78. The van der Waals surface area contributed by atoms with Crippen LogP contribution >= 0.6 is 27.5 Å². The molecule has 1 amide bonds. The minimum atomic E-state index is 0.0640. The molecule has 2 fully saturated rings. The minimum Gasteiger partial charge on any atom is -0.339 e. The highest BCUT2D eigenvalue weighted by atomic mass is 79.9. The highest BCUT2D eigenvalue weighted by molar-refractivity contribution is 9.10. The number of amides is 1. The molecule has 3 rings (SSSR count). The van der Waals surface area contributed by atoms with E-state index in [1.54, 1.807) is 0 Å². The molecule has 2 aliphatic heterocycles. The first kappa shape index (κ1) is 16.3. The molecule has 0 bridgehead atoms. The normalized spacial score (nSPS) is 22.0. The van der Waals surface area contributed by atoms with Gasteiger partial charge in [-0.15, -0.1) is 0 Å². The third-order valence-corrected chi connectivity index (χ3v) is 6.64. The maximum absolute atomic E-state index is 12.7. The average Bonchev–Trinajstić information content (AvgIpc) is 2.53. The molecule has 2 heterocycles. The third kappa shape index (κ3) is 3.19. The van der Waals surface area contributed by atoms with Crippen LogP contribution in [-0.4, -0.2) is 48.9 Å². The Morgan fingerprint density at radius 2 is 1.73 bits per heavy atom. The standard InChI is InChI=1S/C17H22BrClN2O/c1-20-9-5-17(6-10-20)7-11-21(12-8-17)16(22)13-3-2-4-14(18)15(13)19/h2-4H,5-12H2,1H3. The smallest absolute Gasteiger partial charge is 0.255 e. The molecule has 2 aliphatic rings. The number of carbonyl (C=O) groups excluding carboxylic acids is 1. The van der Waals surface area contributed by atoms with Gasteiger partial charge in [-0.3, -0.25) is 4.79 Å². The fraction of sp³-hybridized carbons (Fsp3) is 0.588. The molecule has 120 valence electrons. The van der Waals surface area contributed by atoms with Gasteiger partial charge in [0.2, 0.25) is 0 Å². The number of hydrogen-bond acceptors (Lipinski definition) is 2. The predicted octanol–water partition coefficient (Wildman–Crippen LogP) is 4.05. The SMILES string of the molecule is CN1CCC2(CC1)CCN(C(=O)c1cccc(Br)c1Cl)CC2. The second-order valence-corrected chi connectivity index (χ2v) is 7.93. The molecule has 2 saturated heterocycles. The van der Waals surface area contributed by atoms with E-state index in [2.05, 4.69) is 27.9 Å². The van der Waals surface area contributed by atoms with Gasteiger partial charge in [0.1, 0.15) is 0 Å². The quantitative estimate of drug-likeness (QED) is 0.728. The molecule has 0 N–H and O–H groups in total. The molecular formula is C17H22BrClN2O. The van der Waals surface area contributed by atoms with Crippen LogP contribution in [0.2, 0.25) is 5.02 Å². The van der Waals surface area contributed by atoms with E-state index in [1.807, 2.05) is 23.1 Å². The summed E-state index contributed by atoms with van der Waals surface area (Å²) in [5.74, 6) is 0.0640. The van der Waals surface area contributed by atoms with E-state index in [9.17, 15) is 4.79 Å². The van der Waals surface area contributed by atoms with Crippen molar-refractivity contribution in [2.24, 2.45) is 5.41 Å². The Morgan fingerprint density at radius 1 is 1.14 bits per heavy atom. The third-order valence-electron chi connectivity index (χ3n) is 5.34. The number of benzene rings is 1. The highest BCUT2D eigenvalue weighted by Crippen LogP contribution is 2.41. The Kier molecular flexibility index (Phi) is 4.81. The van der Waals surface area contributed by atoms with Gasteiger partial charge in [-0.1, -0.05) is 17.7 Å². The van der Waals surface area contributed by atoms with E-state index in [0.717, 1.165) is 30.4 Å². The molecule has 0 radical (unpaired) electrons. The van der Waals surface area contributed by atoms with Gasteiger partial charge in [-0.2, -0.15) is 0 Å². The van der Waals surface area contributed by atoms with E-state index in [-0.39, 0.29) is 5.91 Å². The summed E-state index contributed by atoms with van der Waals surface area (Å²) in [5.41, 5.74) is 1.07. The summed E-state index contributed by atoms with van der Waals surface area (Å²) in [7, 11) is 2.20. The van der Waals surface area contributed by atoms with Gasteiger partial charge in [0.15, 0.2) is 0 Å². The Labute approximate surface area is 145 Å². The molecule has 5 heteroatoms. The van der Waals surface area contributed by atoms with Crippen LogP contribution in [0.1, 0.15) is 36.0 Å². The monoisotopic (exact) mass is 384 g/mol. The summed E-state index contributed by atoms with van der Waals surface area (Å²) >= 11 is 9.66. The number of halogens is 2. The largest absolute Gasteiger partial charge is 0.339 e.